The van der Waals surface area contributed by atoms with Gasteiger partial charge < -0.3 is 9.73 Å². The minimum absolute atomic E-state index is 0.118. The number of rotatable bonds is 9. The summed E-state index contributed by atoms with van der Waals surface area (Å²) in [5.41, 5.74) is 3.94. The van der Waals surface area contributed by atoms with E-state index in [0.29, 0.717) is 17.4 Å². The first kappa shape index (κ1) is 26.7. The summed E-state index contributed by atoms with van der Waals surface area (Å²) >= 11 is 2.91. The zero-order valence-electron chi connectivity index (χ0n) is 22.1. The zero-order valence-corrected chi connectivity index (χ0v) is 23.8. The number of aromatic nitrogens is 3. The Balaban J connectivity index is 1.23. The molecule has 0 saturated carbocycles. The SMILES string of the molecule is Cc1ccc([C@H]2CC(c3cccs3)=NN2C(=O)CSc2nnc(CNC(=O)c3ccco3)n2-c2ccccc2)cc1. The molecule has 11 heteroatoms. The third-order valence-corrected chi connectivity index (χ3v) is 8.46. The summed E-state index contributed by atoms with van der Waals surface area (Å²) in [6.07, 6.45) is 2.10. The van der Waals surface area contributed by atoms with E-state index in [-0.39, 0.29) is 35.9 Å². The van der Waals surface area contributed by atoms with Crippen molar-refractivity contribution >= 4 is 40.6 Å². The number of amides is 2. The second kappa shape index (κ2) is 11.9. The molecule has 0 saturated heterocycles. The van der Waals surface area contributed by atoms with E-state index in [2.05, 4.69) is 39.8 Å². The third-order valence-electron chi connectivity index (χ3n) is 6.63. The number of para-hydroxylation sites is 1. The number of carbonyl (C=O) groups excluding carboxylic acids is 2. The number of hydrazone groups is 1. The maximum absolute atomic E-state index is 13.7. The largest absolute Gasteiger partial charge is 0.459 e. The summed E-state index contributed by atoms with van der Waals surface area (Å²) in [5, 5.41) is 20.5. The van der Waals surface area contributed by atoms with Crippen LogP contribution in [0.5, 0.6) is 0 Å². The Bertz CT molecular complexity index is 1660. The van der Waals surface area contributed by atoms with Gasteiger partial charge in [0.25, 0.3) is 11.8 Å². The maximum atomic E-state index is 13.7. The molecule has 41 heavy (non-hydrogen) atoms. The Morgan fingerprint density at radius 2 is 1.85 bits per heavy atom. The Hall–Kier alpha value is -4.48. The van der Waals surface area contributed by atoms with Crippen LogP contribution in [0.15, 0.2) is 105 Å². The van der Waals surface area contributed by atoms with Gasteiger partial charge >= 0.3 is 0 Å². The van der Waals surface area contributed by atoms with Crippen molar-refractivity contribution in [2.45, 2.75) is 31.1 Å². The molecule has 0 radical (unpaired) electrons. The summed E-state index contributed by atoms with van der Waals surface area (Å²) in [6, 6.07) is 25.0. The van der Waals surface area contributed by atoms with Gasteiger partial charge in [-0.25, -0.2) is 5.01 Å². The molecule has 9 nitrogen and oxygen atoms in total. The number of nitrogens with one attached hydrogen (secondary N) is 1. The molecule has 0 unspecified atom stereocenters. The van der Waals surface area contributed by atoms with Crippen molar-refractivity contribution in [3.05, 3.63) is 118 Å². The van der Waals surface area contributed by atoms with E-state index in [4.69, 9.17) is 9.52 Å². The highest BCUT2D eigenvalue weighted by Crippen LogP contribution is 2.35. The van der Waals surface area contributed by atoms with E-state index < -0.39 is 0 Å². The van der Waals surface area contributed by atoms with Gasteiger partial charge in [0, 0.05) is 12.1 Å². The molecule has 0 spiro atoms. The van der Waals surface area contributed by atoms with Gasteiger partial charge in [0.15, 0.2) is 16.7 Å². The van der Waals surface area contributed by atoms with Crippen LogP contribution in [-0.2, 0) is 11.3 Å². The topological polar surface area (TPSA) is 106 Å². The van der Waals surface area contributed by atoms with Gasteiger partial charge in [-0.2, -0.15) is 5.10 Å². The quantitative estimate of drug-likeness (QED) is 0.226. The summed E-state index contributed by atoms with van der Waals surface area (Å²) in [7, 11) is 0. The average Bonchev–Trinajstić information content (AvgIpc) is 3.82. The molecule has 2 aromatic carbocycles. The first-order chi connectivity index (χ1) is 20.1. The number of hydrogen-bond acceptors (Lipinski definition) is 8. The number of furan rings is 1. The lowest BCUT2D eigenvalue weighted by atomic mass is 10.00. The van der Waals surface area contributed by atoms with Gasteiger partial charge in [-0.1, -0.05) is 65.9 Å². The molecule has 6 rings (SSSR count). The number of benzene rings is 2. The third kappa shape index (κ3) is 5.86. The smallest absolute Gasteiger partial charge is 0.287 e. The lowest BCUT2D eigenvalue weighted by Crippen LogP contribution is -2.28. The molecule has 1 atom stereocenters. The second-order valence-electron chi connectivity index (χ2n) is 9.41. The van der Waals surface area contributed by atoms with Gasteiger partial charge in [-0.15, -0.1) is 21.5 Å². The molecule has 0 fully saturated rings. The fourth-order valence-corrected chi connectivity index (χ4v) is 6.12. The number of carbonyl (C=O) groups is 2. The summed E-state index contributed by atoms with van der Waals surface area (Å²) in [6.45, 7) is 2.18. The Morgan fingerprint density at radius 1 is 1.02 bits per heavy atom. The molecule has 5 aromatic rings. The van der Waals surface area contributed by atoms with Crippen LogP contribution in [0.3, 0.4) is 0 Å². The van der Waals surface area contributed by atoms with Crippen LogP contribution >= 0.6 is 23.1 Å². The molecule has 1 N–H and O–H groups in total. The van der Waals surface area contributed by atoms with Crippen molar-refractivity contribution in [3.8, 4) is 5.69 Å². The molecule has 4 heterocycles. The van der Waals surface area contributed by atoms with Crippen molar-refractivity contribution in [3.63, 3.8) is 0 Å². The highest BCUT2D eigenvalue weighted by molar-refractivity contribution is 7.99. The summed E-state index contributed by atoms with van der Waals surface area (Å²) < 4.78 is 7.03. The minimum atomic E-state index is -0.349. The Morgan fingerprint density at radius 3 is 2.59 bits per heavy atom. The van der Waals surface area contributed by atoms with Crippen molar-refractivity contribution in [1.82, 2.24) is 25.1 Å². The molecule has 3 aromatic heterocycles. The summed E-state index contributed by atoms with van der Waals surface area (Å²) in [4.78, 5) is 27.2. The van der Waals surface area contributed by atoms with E-state index in [9.17, 15) is 9.59 Å². The second-order valence-corrected chi connectivity index (χ2v) is 11.3. The first-order valence-corrected chi connectivity index (χ1v) is 14.9. The van der Waals surface area contributed by atoms with E-state index in [1.54, 1.807) is 28.5 Å². The fourth-order valence-electron chi connectivity index (χ4n) is 4.57. The van der Waals surface area contributed by atoms with E-state index in [1.165, 1.54) is 18.0 Å². The van der Waals surface area contributed by atoms with Crippen molar-refractivity contribution in [1.29, 1.82) is 0 Å². The molecular formula is C30H26N6O3S2. The Kier molecular flexibility index (Phi) is 7.79. The predicted octanol–water partition coefficient (Wildman–Crippen LogP) is 5.63. The fraction of sp³-hybridized carbons (Fsp3) is 0.167. The highest BCUT2D eigenvalue weighted by Gasteiger charge is 2.33. The molecular weight excluding hydrogens is 557 g/mol. The monoisotopic (exact) mass is 582 g/mol. The lowest BCUT2D eigenvalue weighted by Gasteiger charge is -2.22. The lowest BCUT2D eigenvalue weighted by molar-refractivity contribution is -0.130. The minimum Gasteiger partial charge on any atom is -0.459 e. The van der Waals surface area contributed by atoms with Gasteiger partial charge in [0.2, 0.25) is 0 Å². The number of hydrogen-bond donors (Lipinski definition) is 1. The number of thiophene rings is 1. The molecule has 1 aliphatic rings. The highest BCUT2D eigenvalue weighted by atomic mass is 32.2. The van der Waals surface area contributed by atoms with Crippen LogP contribution < -0.4 is 5.32 Å². The van der Waals surface area contributed by atoms with Crippen molar-refractivity contribution in [2.24, 2.45) is 5.10 Å². The molecule has 0 bridgehead atoms. The van der Waals surface area contributed by atoms with Crippen LogP contribution in [0.1, 0.15) is 44.8 Å². The Labute approximate surface area is 244 Å². The van der Waals surface area contributed by atoms with E-state index >= 15 is 0 Å². The predicted molar refractivity (Wildman–Crippen MR) is 158 cm³/mol. The van der Waals surface area contributed by atoms with Crippen molar-refractivity contribution < 1.29 is 14.0 Å². The molecule has 206 valence electrons. The number of nitrogens with zero attached hydrogens (tertiary/aromatic N) is 5. The molecule has 1 aliphatic heterocycles. The van der Waals surface area contributed by atoms with Gasteiger partial charge in [0.05, 0.1) is 35.2 Å². The standard InChI is InChI=1S/C30H26N6O3S2/c1-20-11-13-21(14-12-20)24-17-23(26-10-6-16-40-26)34-36(24)28(37)19-41-30-33-32-27(35(30)22-7-3-2-4-8-22)18-31-29(38)25-9-5-15-39-25/h2-16,24H,17-19H2,1H3,(H,31,38)/t24-/m1/s1. The molecule has 2 amide bonds. The van der Waals surface area contributed by atoms with Crippen LogP contribution in [0, 0.1) is 6.92 Å². The molecule has 0 aliphatic carbocycles. The van der Waals surface area contributed by atoms with Gasteiger partial charge in [-0.3, -0.25) is 14.2 Å². The number of aryl methyl sites for hydroxylation is 1. The van der Waals surface area contributed by atoms with Crippen LogP contribution in [-0.4, -0.2) is 43.1 Å². The number of thioether (sulfide) groups is 1. The zero-order chi connectivity index (χ0) is 28.2. The van der Waals surface area contributed by atoms with Crippen LogP contribution in [0.4, 0.5) is 0 Å². The van der Waals surface area contributed by atoms with Crippen molar-refractivity contribution in [2.75, 3.05) is 5.75 Å². The van der Waals surface area contributed by atoms with Crippen LogP contribution in [0.25, 0.3) is 5.69 Å². The average molecular weight is 583 g/mol. The first-order valence-electron chi connectivity index (χ1n) is 13.0. The van der Waals surface area contributed by atoms with Gasteiger partial charge in [-0.05, 0) is 48.2 Å². The van der Waals surface area contributed by atoms with E-state index in [1.807, 2.05) is 59.3 Å². The van der Waals surface area contributed by atoms with Gasteiger partial charge in [0.1, 0.15) is 0 Å². The van der Waals surface area contributed by atoms with Crippen LogP contribution in [0.2, 0.25) is 0 Å². The summed E-state index contributed by atoms with van der Waals surface area (Å²) in [5.74, 6) is 0.391. The van der Waals surface area contributed by atoms with E-state index in [0.717, 1.165) is 27.4 Å². The maximum Gasteiger partial charge on any atom is 0.287 e. The normalized spacial score (nSPS) is 14.7.